The zero-order valence-corrected chi connectivity index (χ0v) is 39.3. The van der Waals surface area contributed by atoms with Gasteiger partial charge in [0.05, 0.1) is 35.9 Å². The summed E-state index contributed by atoms with van der Waals surface area (Å²) in [5.41, 5.74) is 8.17. The van der Waals surface area contributed by atoms with Crippen molar-refractivity contribution in [2.24, 2.45) is 17.8 Å². The Morgan fingerprint density at radius 2 is 1.41 bits per heavy atom. The number of benzene rings is 2. The van der Waals surface area contributed by atoms with Crippen LogP contribution in [-0.2, 0) is 27.6 Å². The number of ether oxygens (including phenoxy) is 2. The van der Waals surface area contributed by atoms with Gasteiger partial charge in [-0.2, -0.15) is 0 Å². The molecular formula is C55H62N8O6. The maximum atomic E-state index is 14.4. The fraction of sp³-hybridized carbons (Fsp3) is 0.436. The van der Waals surface area contributed by atoms with Crippen molar-refractivity contribution in [3.8, 4) is 45.1 Å². The molecule has 358 valence electrons. The first-order valence-corrected chi connectivity index (χ1v) is 25.1. The van der Waals surface area contributed by atoms with Gasteiger partial charge in [-0.25, -0.2) is 9.97 Å². The van der Waals surface area contributed by atoms with Gasteiger partial charge < -0.3 is 39.7 Å². The quantitative estimate of drug-likeness (QED) is 0.0579. The topological polar surface area (TPSA) is 178 Å². The standard InChI is InChI=1S/C55H62N8O6/c1-3-4-6-13-32(2)48(60-52(64)34-16-9-17-34)54(66)62-22-11-20-42(62)50-56-28-40(58-50)36-24-38-30-69-45-27-37(25-39-31-68-44(26-36)46(38)47(39)45)41-29-57-51(59-41)43-21-12-23-63(43)55(67)49(33-14-7-5-8-15-33)61-53(65)35-18-10-19-35/h3-8,13-14,24-29,33-35,42-43,48-49,52,60,64H,2,9-12,15-23,30-31H2,1H3,(H,56,58)(H,57,59)(H,61,65)/b4-3-,13-6-/t33-,42?,43-,48+,49+,52?/m0/s1. The third-order valence-electron chi connectivity index (χ3n) is 15.5. The summed E-state index contributed by atoms with van der Waals surface area (Å²) in [5, 5.41) is 17.4. The SMILES string of the molecule is C=C(/C=C\C=C/C)[C@@H](NC(O)C1CCC1)C(=O)N1CCCC1c1ncc(-c2cc3c4c(c2)OCc2cc(-c5cnc([C@@H]6CCCN6C(=O)[C@H](NC(=O)C6CCC6)[C@H]6C=CC=CC6)[nH]5)cc(c2-4)OC3)[nH]1. The Labute approximate surface area is 403 Å². The molecule has 0 radical (unpaired) electrons. The number of rotatable bonds is 15. The summed E-state index contributed by atoms with van der Waals surface area (Å²) in [4.78, 5) is 62.5. The van der Waals surface area contributed by atoms with Gasteiger partial charge in [0, 0.05) is 58.3 Å². The molecule has 6 heterocycles. The van der Waals surface area contributed by atoms with Gasteiger partial charge in [-0.05, 0) is 100 Å². The fourth-order valence-corrected chi connectivity index (χ4v) is 11.2. The van der Waals surface area contributed by atoms with Gasteiger partial charge in [0.25, 0.3) is 0 Å². The minimum absolute atomic E-state index is 0.00648. The summed E-state index contributed by atoms with van der Waals surface area (Å²) < 4.78 is 13.1. The van der Waals surface area contributed by atoms with Gasteiger partial charge in [0.1, 0.15) is 54.7 Å². The molecule has 4 fully saturated rings. The van der Waals surface area contributed by atoms with Crippen LogP contribution in [0, 0.1) is 17.8 Å². The van der Waals surface area contributed by atoms with E-state index in [0.717, 1.165) is 126 Å². The van der Waals surface area contributed by atoms with Crippen LogP contribution in [0.2, 0.25) is 0 Å². The molecule has 2 saturated carbocycles. The number of aliphatic hydroxyl groups excluding tert-OH is 1. The van der Waals surface area contributed by atoms with Gasteiger partial charge >= 0.3 is 0 Å². The van der Waals surface area contributed by atoms with E-state index < -0.39 is 18.3 Å². The smallest absolute Gasteiger partial charge is 0.246 e. The van der Waals surface area contributed by atoms with E-state index in [-0.39, 0.29) is 47.6 Å². The van der Waals surface area contributed by atoms with Gasteiger partial charge in [-0.1, -0.05) is 68.0 Å². The van der Waals surface area contributed by atoms with E-state index in [0.29, 0.717) is 44.1 Å². The third kappa shape index (κ3) is 8.66. The molecule has 4 aliphatic heterocycles. The van der Waals surface area contributed by atoms with Crippen molar-refractivity contribution in [2.45, 2.75) is 121 Å². The summed E-state index contributed by atoms with van der Waals surface area (Å²) in [6, 6.07) is 6.52. The number of imidazole rings is 2. The van der Waals surface area contributed by atoms with Crippen molar-refractivity contribution in [1.82, 2.24) is 40.4 Å². The largest absolute Gasteiger partial charge is 0.488 e. The zero-order chi connectivity index (χ0) is 47.2. The number of hydrogen-bond donors (Lipinski definition) is 5. The predicted molar refractivity (Wildman–Crippen MR) is 262 cm³/mol. The Kier molecular flexibility index (Phi) is 12.5. The van der Waals surface area contributed by atoms with Crippen LogP contribution in [0.25, 0.3) is 33.6 Å². The van der Waals surface area contributed by atoms with Crippen molar-refractivity contribution in [3.05, 3.63) is 120 Å². The van der Waals surface area contributed by atoms with E-state index in [1.807, 2.05) is 71.6 Å². The Morgan fingerprint density at radius 1 is 0.797 bits per heavy atom. The first kappa shape index (κ1) is 45.0. The highest BCUT2D eigenvalue weighted by molar-refractivity contribution is 5.91. The van der Waals surface area contributed by atoms with Crippen molar-refractivity contribution in [3.63, 3.8) is 0 Å². The molecule has 0 spiro atoms. The molecule has 2 aromatic carbocycles. The van der Waals surface area contributed by atoms with E-state index in [9.17, 15) is 19.5 Å². The lowest BCUT2D eigenvalue weighted by Gasteiger charge is -2.35. The van der Waals surface area contributed by atoms with Crippen LogP contribution in [0.3, 0.4) is 0 Å². The molecular weight excluding hydrogens is 869 g/mol. The number of nitrogens with one attached hydrogen (secondary N) is 4. The number of allylic oxidation sites excluding steroid dienone is 6. The van der Waals surface area contributed by atoms with E-state index in [4.69, 9.17) is 19.4 Å². The minimum Gasteiger partial charge on any atom is -0.488 e. The van der Waals surface area contributed by atoms with Crippen LogP contribution < -0.4 is 20.1 Å². The molecule has 14 heteroatoms. The predicted octanol–water partition coefficient (Wildman–Crippen LogP) is 8.43. The number of nitrogens with zero attached hydrogens (tertiary/aromatic N) is 4. The second-order valence-corrected chi connectivity index (χ2v) is 19.9. The first-order chi connectivity index (χ1) is 33.7. The Hall–Kier alpha value is -6.51. The number of hydrogen-bond acceptors (Lipinski definition) is 9. The van der Waals surface area contributed by atoms with E-state index in [1.54, 1.807) is 0 Å². The number of carbonyl (C=O) groups excluding carboxylic acids is 3. The van der Waals surface area contributed by atoms with Crippen molar-refractivity contribution in [2.75, 3.05) is 13.1 Å². The van der Waals surface area contributed by atoms with Crippen molar-refractivity contribution < 1.29 is 29.0 Å². The summed E-state index contributed by atoms with van der Waals surface area (Å²) in [6.07, 6.45) is 28.2. The fourth-order valence-electron chi connectivity index (χ4n) is 11.2. The van der Waals surface area contributed by atoms with Crippen molar-refractivity contribution >= 4 is 17.7 Å². The van der Waals surface area contributed by atoms with Crippen LogP contribution in [0.5, 0.6) is 11.5 Å². The Morgan fingerprint density at radius 3 is 1.94 bits per heavy atom. The summed E-state index contributed by atoms with van der Waals surface area (Å²) in [6.45, 7) is 8.08. The molecule has 2 aromatic heterocycles. The van der Waals surface area contributed by atoms with Crippen molar-refractivity contribution in [1.29, 1.82) is 0 Å². The van der Waals surface area contributed by atoms with E-state index >= 15 is 0 Å². The molecule has 0 bridgehead atoms. The molecule has 3 aliphatic carbocycles. The maximum Gasteiger partial charge on any atom is 0.246 e. The number of amides is 3. The lowest BCUT2D eigenvalue weighted by atomic mass is 9.83. The number of aromatic amines is 2. The number of likely N-dealkylation sites (tertiary alicyclic amines) is 2. The molecule has 2 saturated heterocycles. The van der Waals surface area contributed by atoms with Crippen LogP contribution in [0.4, 0.5) is 0 Å². The Bertz CT molecular complexity index is 2720. The average molecular weight is 931 g/mol. The highest BCUT2D eigenvalue weighted by Gasteiger charge is 2.42. The number of carbonyl (C=O) groups is 3. The zero-order valence-electron chi connectivity index (χ0n) is 39.3. The molecule has 2 unspecified atom stereocenters. The van der Waals surface area contributed by atoms with Gasteiger partial charge in [-0.3, -0.25) is 19.7 Å². The van der Waals surface area contributed by atoms with Crippen LogP contribution in [0.1, 0.15) is 112 Å². The summed E-state index contributed by atoms with van der Waals surface area (Å²) in [7, 11) is 0. The van der Waals surface area contributed by atoms with Crippen LogP contribution >= 0.6 is 0 Å². The van der Waals surface area contributed by atoms with Gasteiger partial charge in [0.2, 0.25) is 17.7 Å². The molecule has 11 rings (SSSR count). The molecule has 6 atom stereocenters. The molecule has 4 aromatic rings. The number of H-pyrrole nitrogens is 2. The highest BCUT2D eigenvalue weighted by atomic mass is 16.5. The van der Waals surface area contributed by atoms with Gasteiger partial charge in [0.15, 0.2) is 0 Å². The maximum absolute atomic E-state index is 14.4. The first-order valence-electron chi connectivity index (χ1n) is 25.1. The molecule has 69 heavy (non-hydrogen) atoms. The average Bonchev–Trinajstić information content (AvgIpc) is 4.18. The molecule has 3 amide bonds. The second-order valence-electron chi connectivity index (χ2n) is 19.9. The van der Waals surface area contributed by atoms with Gasteiger partial charge in [-0.15, -0.1) is 0 Å². The van der Waals surface area contributed by atoms with E-state index in [1.165, 1.54) is 0 Å². The van der Waals surface area contributed by atoms with Crippen LogP contribution in [0.15, 0.2) is 97.4 Å². The summed E-state index contributed by atoms with van der Waals surface area (Å²) >= 11 is 0. The lowest BCUT2D eigenvalue weighted by Crippen LogP contribution is -2.53. The minimum atomic E-state index is -0.783. The van der Waals surface area contributed by atoms with E-state index in [2.05, 4.69) is 57.5 Å². The number of aliphatic hydroxyl groups is 1. The monoisotopic (exact) mass is 930 g/mol. The summed E-state index contributed by atoms with van der Waals surface area (Å²) in [5.74, 6) is 2.85. The van der Waals surface area contributed by atoms with Crippen LogP contribution in [-0.4, -0.2) is 84.0 Å². The third-order valence-corrected chi connectivity index (χ3v) is 15.5. The lowest BCUT2D eigenvalue weighted by molar-refractivity contribution is -0.140. The Balaban J connectivity index is 0.804. The normalized spacial score (nSPS) is 23.0. The molecule has 5 N–H and O–H groups in total. The number of aromatic nitrogens is 4. The molecule has 14 nitrogen and oxygen atoms in total. The molecule has 7 aliphatic rings. The highest BCUT2D eigenvalue weighted by Crippen LogP contribution is 2.51. The second kappa shape index (κ2) is 19.1.